The van der Waals surface area contributed by atoms with E-state index >= 15 is 0 Å². The van der Waals surface area contributed by atoms with Crippen LogP contribution in [0.15, 0.2) is 122 Å². The van der Waals surface area contributed by atoms with Crippen LogP contribution in [0.1, 0.15) is 29.2 Å². The summed E-state index contributed by atoms with van der Waals surface area (Å²) in [7, 11) is 0. The lowest BCUT2D eigenvalue weighted by atomic mass is 10.0. The number of amides is 2. The molecular formula is C39H42F3N3O3. The third-order valence-corrected chi connectivity index (χ3v) is 8.14. The predicted octanol–water partition coefficient (Wildman–Crippen LogP) is 7.20. The molecule has 2 amide bonds. The van der Waals surface area contributed by atoms with Crippen molar-refractivity contribution in [3.63, 3.8) is 0 Å². The fourth-order valence-electron chi connectivity index (χ4n) is 5.54. The highest BCUT2D eigenvalue weighted by molar-refractivity contribution is 5.95. The van der Waals surface area contributed by atoms with E-state index in [1.54, 1.807) is 17.1 Å². The first-order chi connectivity index (χ1) is 23.1. The lowest BCUT2D eigenvalue weighted by Gasteiger charge is -2.39. The predicted molar refractivity (Wildman–Crippen MR) is 184 cm³/mol. The summed E-state index contributed by atoms with van der Waals surface area (Å²) in [6.45, 7) is 13.2. The maximum absolute atomic E-state index is 14.4. The Hall–Kier alpha value is -4.89. The van der Waals surface area contributed by atoms with Crippen molar-refractivity contribution < 1.29 is 27.5 Å². The van der Waals surface area contributed by atoms with Gasteiger partial charge in [-0.1, -0.05) is 86.0 Å². The van der Waals surface area contributed by atoms with Crippen molar-refractivity contribution in [3.8, 4) is 5.75 Å². The molecule has 9 heteroatoms. The standard InChI is InChI=1S/C39H42F3N3O3/c1-4-10-30(5-2)28-43-23-25-44(26-24-43)38(47)36(27-32-11-8-7-9-12-32)45(29-33-15-20-35(21-16-33)48-6-3)37(46)22-17-31-13-18-34(19-14-31)39(40,41)42/h4-5,7-22,36H,1-2,6,23-29H2,3H3/b22-17+,30-10+. The van der Waals surface area contributed by atoms with Gasteiger partial charge in [0.2, 0.25) is 11.8 Å². The summed E-state index contributed by atoms with van der Waals surface area (Å²) in [6, 6.07) is 20.7. The van der Waals surface area contributed by atoms with Gasteiger partial charge < -0.3 is 14.5 Å². The molecule has 0 spiro atoms. The zero-order valence-corrected chi connectivity index (χ0v) is 27.2. The highest BCUT2D eigenvalue weighted by Gasteiger charge is 2.34. The molecule has 252 valence electrons. The van der Waals surface area contributed by atoms with E-state index in [4.69, 9.17) is 4.74 Å². The van der Waals surface area contributed by atoms with Gasteiger partial charge in [0, 0.05) is 51.8 Å². The van der Waals surface area contributed by atoms with E-state index in [0.29, 0.717) is 57.1 Å². The van der Waals surface area contributed by atoms with E-state index in [1.165, 1.54) is 24.3 Å². The Labute approximate surface area is 281 Å². The summed E-state index contributed by atoms with van der Waals surface area (Å²) in [6.07, 6.45) is 4.08. The van der Waals surface area contributed by atoms with Crippen molar-refractivity contribution in [1.82, 2.24) is 14.7 Å². The van der Waals surface area contributed by atoms with Gasteiger partial charge in [-0.25, -0.2) is 0 Å². The van der Waals surface area contributed by atoms with E-state index < -0.39 is 23.7 Å². The number of piperazine rings is 1. The first kappa shape index (κ1) is 36.0. The Morgan fingerprint density at radius 3 is 2.17 bits per heavy atom. The van der Waals surface area contributed by atoms with Crippen LogP contribution in [-0.4, -0.2) is 71.9 Å². The maximum Gasteiger partial charge on any atom is 0.416 e. The number of hydrogen-bond acceptors (Lipinski definition) is 4. The second kappa shape index (κ2) is 17.3. The van der Waals surface area contributed by atoms with E-state index in [0.717, 1.165) is 28.8 Å². The summed E-state index contributed by atoms with van der Waals surface area (Å²) in [5.41, 5.74) is 2.41. The van der Waals surface area contributed by atoms with Crippen LogP contribution in [0.4, 0.5) is 13.2 Å². The Morgan fingerprint density at radius 1 is 0.917 bits per heavy atom. The van der Waals surface area contributed by atoms with Crippen molar-refractivity contribution in [1.29, 1.82) is 0 Å². The van der Waals surface area contributed by atoms with Gasteiger partial charge in [-0.05, 0) is 59.5 Å². The van der Waals surface area contributed by atoms with Crippen LogP contribution in [0.2, 0.25) is 0 Å². The molecule has 0 aliphatic carbocycles. The Bertz CT molecular complexity index is 1570. The minimum atomic E-state index is -4.46. The topological polar surface area (TPSA) is 53.1 Å². The van der Waals surface area contributed by atoms with Crippen LogP contribution in [0, 0.1) is 0 Å². The van der Waals surface area contributed by atoms with Crippen LogP contribution in [0.5, 0.6) is 5.75 Å². The first-order valence-corrected chi connectivity index (χ1v) is 16.0. The molecule has 1 aliphatic heterocycles. The van der Waals surface area contributed by atoms with Crippen molar-refractivity contribution in [2.45, 2.75) is 32.1 Å². The quantitative estimate of drug-likeness (QED) is 0.136. The smallest absolute Gasteiger partial charge is 0.416 e. The zero-order chi connectivity index (χ0) is 34.5. The second-order valence-corrected chi connectivity index (χ2v) is 11.5. The molecule has 0 radical (unpaired) electrons. The highest BCUT2D eigenvalue weighted by atomic mass is 19.4. The van der Waals surface area contributed by atoms with E-state index in [1.807, 2.05) is 72.5 Å². The maximum atomic E-state index is 14.4. The Kier molecular flexibility index (Phi) is 13.0. The lowest BCUT2D eigenvalue weighted by Crippen LogP contribution is -2.56. The number of rotatable bonds is 14. The lowest BCUT2D eigenvalue weighted by molar-refractivity contribution is -0.145. The van der Waals surface area contributed by atoms with Gasteiger partial charge in [0.1, 0.15) is 11.8 Å². The van der Waals surface area contributed by atoms with Gasteiger partial charge in [-0.2, -0.15) is 13.2 Å². The molecule has 1 unspecified atom stereocenters. The molecule has 1 aliphatic rings. The molecule has 6 nitrogen and oxygen atoms in total. The van der Waals surface area contributed by atoms with Crippen LogP contribution >= 0.6 is 0 Å². The minimum Gasteiger partial charge on any atom is -0.494 e. The molecule has 3 aromatic rings. The molecule has 0 saturated carbocycles. The molecule has 4 rings (SSSR count). The fraction of sp³-hybridized carbons (Fsp3) is 0.282. The monoisotopic (exact) mass is 657 g/mol. The van der Waals surface area contributed by atoms with Crippen molar-refractivity contribution >= 4 is 17.9 Å². The van der Waals surface area contributed by atoms with Gasteiger partial charge in [-0.3, -0.25) is 14.5 Å². The summed E-state index contributed by atoms with van der Waals surface area (Å²) < 4.78 is 44.9. The van der Waals surface area contributed by atoms with Crippen LogP contribution in [0.3, 0.4) is 0 Å². The molecule has 1 saturated heterocycles. The summed E-state index contributed by atoms with van der Waals surface area (Å²) in [4.78, 5) is 34.0. The molecule has 1 heterocycles. The molecule has 1 fully saturated rings. The van der Waals surface area contributed by atoms with Crippen molar-refractivity contribution in [2.75, 3.05) is 39.3 Å². The number of halogens is 3. The second-order valence-electron chi connectivity index (χ2n) is 11.5. The summed E-state index contributed by atoms with van der Waals surface area (Å²) in [5.74, 6) is 0.104. The van der Waals surface area contributed by atoms with E-state index in [2.05, 4.69) is 18.1 Å². The molecule has 0 bridgehead atoms. The third-order valence-electron chi connectivity index (χ3n) is 8.14. The van der Waals surface area contributed by atoms with Crippen LogP contribution < -0.4 is 4.74 Å². The largest absolute Gasteiger partial charge is 0.494 e. The van der Waals surface area contributed by atoms with Crippen LogP contribution in [-0.2, 0) is 28.7 Å². The average Bonchev–Trinajstić information content (AvgIpc) is 3.09. The Morgan fingerprint density at radius 2 is 1.58 bits per heavy atom. The average molecular weight is 658 g/mol. The molecule has 48 heavy (non-hydrogen) atoms. The normalized spacial score (nSPS) is 14.8. The SMILES string of the molecule is C=C/C=C(\C=C)CN1CCN(C(=O)C(Cc2ccccc2)N(Cc2ccc(OCC)cc2)C(=O)/C=C/c2ccc(C(F)(F)F)cc2)CC1. The number of hydrogen-bond donors (Lipinski definition) is 0. The van der Waals surface area contributed by atoms with Crippen molar-refractivity contribution in [2.24, 2.45) is 0 Å². The van der Waals surface area contributed by atoms with Gasteiger partial charge in [0.15, 0.2) is 0 Å². The highest BCUT2D eigenvalue weighted by Crippen LogP contribution is 2.29. The number of ether oxygens (including phenoxy) is 1. The van der Waals surface area contributed by atoms with Gasteiger partial charge in [0.05, 0.1) is 12.2 Å². The number of benzene rings is 3. The zero-order valence-electron chi connectivity index (χ0n) is 27.2. The number of allylic oxidation sites excluding steroid dienone is 2. The van der Waals surface area contributed by atoms with E-state index in [-0.39, 0.29) is 12.5 Å². The van der Waals surface area contributed by atoms with Crippen molar-refractivity contribution in [3.05, 3.63) is 144 Å². The third kappa shape index (κ3) is 10.3. The van der Waals surface area contributed by atoms with Crippen LogP contribution in [0.25, 0.3) is 6.08 Å². The number of alkyl halides is 3. The Balaban J connectivity index is 1.63. The summed E-state index contributed by atoms with van der Waals surface area (Å²) >= 11 is 0. The molecule has 0 N–H and O–H groups in total. The fourth-order valence-corrected chi connectivity index (χ4v) is 5.54. The number of carbonyl (C=O) groups is 2. The molecule has 0 aromatic heterocycles. The van der Waals surface area contributed by atoms with E-state index in [9.17, 15) is 22.8 Å². The van der Waals surface area contributed by atoms with Gasteiger partial charge in [-0.15, -0.1) is 0 Å². The molecule has 3 aromatic carbocycles. The molecule has 1 atom stereocenters. The number of carbonyl (C=O) groups excluding carboxylic acids is 2. The van der Waals surface area contributed by atoms with Gasteiger partial charge in [0.25, 0.3) is 0 Å². The summed E-state index contributed by atoms with van der Waals surface area (Å²) in [5, 5.41) is 0. The first-order valence-electron chi connectivity index (χ1n) is 16.0. The molecular weight excluding hydrogens is 615 g/mol. The van der Waals surface area contributed by atoms with Gasteiger partial charge >= 0.3 is 6.18 Å². The number of nitrogens with zero attached hydrogens (tertiary/aromatic N) is 3. The minimum absolute atomic E-state index is 0.140.